The zero-order valence-electron chi connectivity index (χ0n) is 15.4. The Bertz CT molecular complexity index is 959. The monoisotopic (exact) mass is 359 g/mol. The van der Waals surface area contributed by atoms with Crippen molar-refractivity contribution in [3.63, 3.8) is 0 Å². The van der Waals surface area contributed by atoms with Gasteiger partial charge < -0.3 is 10.3 Å². The van der Waals surface area contributed by atoms with Crippen LogP contribution in [0.2, 0.25) is 0 Å². The number of hydrogen-bond acceptors (Lipinski definition) is 2. The standard InChI is InChI=1S/C23H25N3O/c1-2-23(27)25-20(13-19-14-24-22-10-6-5-9-21(19)22)16-26-12-11-17-7-3-4-8-18(17)15-26/h2-10,14,20,24H,1,11-13,15-16H2,(H,25,27). The number of rotatable bonds is 6. The fourth-order valence-corrected chi connectivity index (χ4v) is 4.01. The Morgan fingerprint density at radius 2 is 1.96 bits per heavy atom. The van der Waals surface area contributed by atoms with Gasteiger partial charge in [0, 0.05) is 42.8 Å². The molecule has 0 aliphatic carbocycles. The maximum absolute atomic E-state index is 12.0. The molecular weight excluding hydrogens is 334 g/mol. The van der Waals surface area contributed by atoms with Crippen LogP contribution in [-0.4, -0.2) is 34.9 Å². The second-order valence-electron chi connectivity index (χ2n) is 7.23. The van der Waals surface area contributed by atoms with E-state index in [1.165, 1.54) is 28.2 Å². The first-order valence-electron chi connectivity index (χ1n) is 9.50. The molecule has 138 valence electrons. The Morgan fingerprint density at radius 3 is 2.81 bits per heavy atom. The molecule has 2 heterocycles. The van der Waals surface area contributed by atoms with Gasteiger partial charge in [0.05, 0.1) is 0 Å². The number of fused-ring (bicyclic) bond motifs is 2. The smallest absolute Gasteiger partial charge is 0.243 e. The zero-order valence-corrected chi connectivity index (χ0v) is 15.4. The molecule has 0 bridgehead atoms. The van der Waals surface area contributed by atoms with Crippen LogP contribution in [0.25, 0.3) is 10.9 Å². The third-order valence-corrected chi connectivity index (χ3v) is 5.36. The van der Waals surface area contributed by atoms with E-state index in [2.05, 4.69) is 70.4 Å². The summed E-state index contributed by atoms with van der Waals surface area (Å²) >= 11 is 0. The molecule has 1 aliphatic rings. The molecule has 4 rings (SSSR count). The topological polar surface area (TPSA) is 48.1 Å². The van der Waals surface area contributed by atoms with Gasteiger partial charge in [-0.25, -0.2) is 0 Å². The van der Waals surface area contributed by atoms with Gasteiger partial charge in [0.2, 0.25) is 5.91 Å². The first kappa shape index (κ1) is 17.6. The van der Waals surface area contributed by atoms with Crippen molar-refractivity contribution in [1.29, 1.82) is 0 Å². The van der Waals surface area contributed by atoms with E-state index in [-0.39, 0.29) is 11.9 Å². The first-order valence-corrected chi connectivity index (χ1v) is 9.50. The fourth-order valence-electron chi connectivity index (χ4n) is 4.01. The lowest BCUT2D eigenvalue weighted by atomic mass is 9.98. The number of aromatic amines is 1. The van der Waals surface area contributed by atoms with E-state index >= 15 is 0 Å². The summed E-state index contributed by atoms with van der Waals surface area (Å²) < 4.78 is 0. The lowest BCUT2D eigenvalue weighted by Gasteiger charge is -2.32. The molecule has 0 spiro atoms. The van der Waals surface area contributed by atoms with Gasteiger partial charge >= 0.3 is 0 Å². The Balaban J connectivity index is 1.51. The van der Waals surface area contributed by atoms with Crippen molar-refractivity contribution in [3.05, 3.63) is 84.1 Å². The van der Waals surface area contributed by atoms with Crippen molar-refractivity contribution >= 4 is 16.8 Å². The van der Waals surface area contributed by atoms with Crippen molar-refractivity contribution in [2.24, 2.45) is 0 Å². The Kier molecular flexibility index (Phi) is 5.07. The molecule has 2 N–H and O–H groups in total. The lowest BCUT2D eigenvalue weighted by Crippen LogP contribution is -2.45. The SMILES string of the molecule is C=CC(=O)NC(Cc1c[nH]c2ccccc12)CN1CCc2ccccc2C1. The summed E-state index contributed by atoms with van der Waals surface area (Å²) in [7, 11) is 0. The Morgan fingerprint density at radius 1 is 1.19 bits per heavy atom. The number of benzene rings is 2. The summed E-state index contributed by atoms with van der Waals surface area (Å²) in [6.07, 6.45) is 5.27. The van der Waals surface area contributed by atoms with Gasteiger partial charge in [0.1, 0.15) is 0 Å². The van der Waals surface area contributed by atoms with Crippen LogP contribution < -0.4 is 5.32 Å². The van der Waals surface area contributed by atoms with E-state index < -0.39 is 0 Å². The maximum Gasteiger partial charge on any atom is 0.243 e. The predicted octanol–water partition coefficient (Wildman–Crippen LogP) is 3.44. The number of nitrogens with one attached hydrogen (secondary N) is 2. The van der Waals surface area contributed by atoms with Crippen LogP contribution >= 0.6 is 0 Å². The molecule has 1 amide bonds. The van der Waals surface area contributed by atoms with Crippen LogP contribution in [-0.2, 0) is 24.2 Å². The first-order chi connectivity index (χ1) is 13.2. The van der Waals surface area contributed by atoms with E-state index in [0.29, 0.717) is 0 Å². The number of H-pyrrole nitrogens is 1. The van der Waals surface area contributed by atoms with Gasteiger partial charge in [-0.15, -0.1) is 0 Å². The quantitative estimate of drug-likeness (QED) is 0.663. The van der Waals surface area contributed by atoms with E-state index in [4.69, 9.17) is 0 Å². The van der Waals surface area contributed by atoms with Gasteiger partial charge in [-0.2, -0.15) is 0 Å². The predicted molar refractivity (Wildman–Crippen MR) is 110 cm³/mol. The van der Waals surface area contributed by atoms with Crippen molar-refractivity contribution < 1.29 is 4.79 Å². The van der Waals surface area contributed by atoms with Gasteiger partial charge in [-0.1, -0.05) is 49.0 Å². The largest absolute Gasteiger partial charge is 0.361 e. The molecule has 1 aromatic heterocycles. The molecule has 0 saturated heterocycles. The molecule has 3 aromatic rings. The molecule has 1 atom stereocenters. The molecule has 1 aliphatic heterocycles. The minimum atomic E-state index is -0.114. The van der Waals surface area contributed by atoms with E-state index in [1.54, 1.807) is 0 Å². The van der Waals surface area contributed by atoms with Crippen LogP contribution in [0, 0.1) is 0 Å². The van der Waals surface area contributed by atoms with Crippen molar-refractivity contribution in [3.8, 4) is 0 Å². The minimum absolute atomic E-state index is 0.0416. The lowest BCUT2D eigenvalue weighted by molar-refractivity contribution is -0.117. The maximum atomic E-state index is 12.0. The summed E-state index contributed by atoms with van der Waals surface area (Å²) in [5, 5.41) is 4.35. The van der Waals surface area contributed by atoms with E-state index in [0.717, 1.165) is 38.0 Å². The highest BCUT2D eigenvalue weighted by Gasteiger charge is 2.21. The molecular formula is C23H25N3O. The number of para-hydroxylation sites is 1. The normalized spacial score (nSPS) is 15.3. The number of carbonyl (C=O) groups excluding carboxylic acids is 1. The van der Waals surface area contributed by atoms with Crippen LogP contribution in [0.15, 0.2) is 67.4 Å². The van der Waals surface area contributed by atoms with Crippen LogP contribution in [0.5, 0.6) is 0 Å². The second kappa shape index (κ2) is 7.80. The highest BCUT2D eigenvalue weighted by atomic mass is 16.1. The number of nitrogens with zero attached hydrogens (tertiary/aromatic N) is 1. The number of hydrogen-bond donors (Lipinski definition) is 2. The summed E-state index contributed by atoms with van der Waals surface area (Å²) in [6, 6.07) is 17.0. The summed E-state index contributed by atoms with van der Waals surface area (Å²) in [6.45, 7) is 6.39. The van der Waals surface area contributed by atoms with Gasteiger partial charge in [-0.3, -0.25) is 9.69 Å². The average molecular weight is 359 g/mol. The molecule has 0 saturated carbocycles. The number of carbonyl (C=O) groups is 1. The summed E-state index contributed by atoms with van der Waals surface area (Å²) in [5.74, 6) is -0.114. The molecule has 27 heavy (non-hydrogen) atoms. The summed E-state index contributed by atoms with van der Waals surface area (Å²) in [4.78, 5) is 17.8. The zero-order chi connectivity index (χ0) is 18.6. The third kappa shape index (κ3) is 3.96. The van der Waals surface area contributed by atoms with Crippen LogP contribution in [0.1, 0.15) is 16.7 Å². The van der Waals surface area contributed by atoms with Crippen LogP contribution in [0.3, 0.4) is 0 Å². The molecule has 2 aromatic carbocycles. The number of aromatic nitrogens is 1. The minimum Gasteiger partial charge on any atom is -0.361 e. The Labute approximate surface area is 159 Å². The third-order valence-electron chi connectivity index (χ3n) is 5.36. The average Bonchev–Trinajstić information content (AvgIpc) is 3.10. The van der Waals surface area contributed by atoms with E-state index in [9.17, 15) is 4.79 Å². The highest BCUT2D eigenvalue weighted by Crippen LogP contribution is 2.21. The molecule has 1 unspecified atom stereocenters. The summed E-state index contributed by atoms with van der Waals surface area (Å²) in [5.41, 5.74) is 5.20. The molecule has 0 radical (unpaired) electrons. The second-order valence-corrected chi connectivity index (χ2v) is 7.23. The molecule has 4 heteroatoms. The Hall–Kier alpha value is -2.85. The van der Waals surface area contributed by atoms with Crippen molar-refractivity contribution in [2.45, 2.75) is 25.4 Å². The number of amides is 1. The molecule has 0 fully saturated rings. The van der Waals surface area contributed by atoms with Gasteiger partial charge in [0.25, 0.3) is 0 Å². The fraction of sp³-hybridized carbons (Fsp3) is 0.261. The van der Waals surface area contributed by atoms with E-state index in [1.807, 2.05) is 6.07 Å². The van der Waals surface area contributed by atoms with Crippen molar-refractivity contribution in [2.75, 3.05) is 13.1 Å². The molecule has 4 nitrogen and oxygen atoms in total. The van der Waals surface area contributed by atoms with Crippen molar-refractivity contribution in [1.82, 2.24) is 15.2 Å². The van der Waals surface area contributed by atoms with Crippen LogP contribution in [0.4, 0.5) is 0 Å². The van der Waals surface area contributed by atoms with Gasteiger partial charge in [-0.05, 0) is 41.7 Å². The van der Waals surface area contributed by atoms with Gasteiger partial charge in [0.15, 0.2) is 0 Å². The highest BCUT2D eigenvalue weighted by molar-refractivity contribution is 5.87.